The molecule has 2 heterocycles. The average molecular weight is 163 g/mol. The number of hydrogen-bond donors (Lipinski definition) is 0. The van der Waals surface area contributed by atoms with Crippen LogP contribution in [0.3, 0.4) is 0 Å². The number of thiazole rings is 1. The number of nitrogens with one attached hydrogen (secondary N) is 1. The van der Waals surface area contributed by atoms with Crippen LogP contribution in [0.1, 0.15) is 0 Å². The summed E-state index contributed by atoms with van der Waals surface area (Å²) >= 11 is 2.66. The molecular formula is C4H2LiN3S2. The van der Waals surface area contributed by atoms with Gasteiger partial charge in [0.25, 0.3) is 0 Å². The van der Waals surface area contributed by atoms with Crippen molar-refractivity contribution < 1.29 is 18.9 Å². The molecule has 0 bridgehead atoms. The van der Waals surface area contributed by atoms with E-state index in [0.717, 1.165) is 10.3 Å². The van der Waals surface area contributed by atoms with E-state index in [4.69, 9.17) is 5.73 Å². The average Bonchev–Trinajstić information content (AvgIpc) is 2.35. The van der Waals surface area contributed by atoms with Crippen LogP contribution in [0.25, 0.3) is 16.1 Å². The molecule has 6 heteroatoms. The van der Waals surface area contributed by atoms with Gasteiger partial charge in [-0.05, 0) is 5.00 Å². The Morgan fingerprint density at radius 2 is 2.30 bits per heavy atom. The molecular weight excluding hydrogens is 161 g/mol. The van der Waals surface area contributed by atoms with E-state index in [2.05, 4.69) is 9.36 Å². The molecule has 0 saturated heterocycles. The van der Waals surface area contributed by atoms with E-state index in [9.17, 15) is 0 Å². The zero-order chi connectivity index (χ0) is 6.27. The summed E-state index contributed by atoms with van der Waals surface area (Å²) in [5.41, 5.74) is 9.72. The Kier molecular flexibility index (Phi) is 2.31. The van der Waals surface area contributed by atoms with Crippen molar-refractivity contribution >= 4 is 38.2 Å². The Hall–Kier alpha value is -0.0826. The van der Waals surface area contributed by atoms with E-state index in [-0.39, 0.29) is 18.9 Å². The van der Waals surface area contributed by atoms with Gasteiger partial charge in [-0.3, -0.25) is 0 Å². The van der Waals surface area contributed by atoms with Gasteiger partial charge >= 0.3 is 18.9 Å². The van der Waals surface area contributed by atoms with Crippen LogP contribution in [0.2, 0.25) is 0 Å². The van der Waals surface area contributed by atoms with Crippen LogP contribution in [0.15, 0.2) is 5.51 Å². The van der Waals surface area contributed by atoms with Gasteiger partial charge in [-0.1, -0.05) is 11.5 Å². The van der Waals surface area contributed by atoms with Gasteiger partial charge in [0.05, 0.1) is 10.2 Å². The van der Waals surface area contributed by atoms with Crippen molar-refractivity contribution in [2.45, 2.75) is 0 Å². The molecule has 0 saturated carbocycles. The van der Waals surface area contributed by atoms with Gasteiger partial charge in [-0.25, -0.2) is 4.98 Å². The van der Waals surface area contributed by atoms with Crippen molar-refractivity contribution in [2.75, 3.05) is 0 Å². The van der Waals surface area contributed by atoms with Crippen LogP contribution in [-0.2, 0) is 0 Å². The van der Waals surface area contributed by atoms with Crippen molar-refractivity contribution in [1.82, 2.24) is 9.36 Å². The summed E-state index contributed by atoms with van der Waals surface area (Å²) in [6, 6.07) is 0. The molecule has 0 atom stereocenters. The minimum Gasteiger partial charge on any atom is -0.688 e. The van der Waals surface area contributed by atoms with Crippen LogP contribution < -0.4 is 18.9 Å². The van der Waals surface area contributed by atoms with E-state index in [1.165, 1.54) is 22.9 Å². The fourth-order valence-corrected chi connectivity index (χ4v) is 1.96. The minimum absolute atomic E-state index is 0. The molecule has 0 radical (unpaired) electrons. The molecule has 10 heavy (non-hydrogen) atoms. The maximum Gasteiger partial charge on any atom is 1.00 e. The largest absolute Gasteiger partial charge is 1.00 e. The van der Waals surface area contributed by atoms with E-state index < -0.39 is 0 Å². The van der Waals surface area contributed by atoms with Crippen molar-refractivity contribution in [3.05, 3.63) is 11.2 Å². The first-order chi connectivity index (χ1) is 4.38. The zero-order valence-corrected chi connectivity index (χ0v) is 6.92. The van der Waals surface area contributed by atoms with Crippen LogP contribution >= 0.6 is 22.9 Å². The summed E-state index contributed by atoms with van der Waals surface area (Å²) < 4.78 is 4.83. The summed E-state index contributed by atoms with van der Waals surface area (Å²) in [6.45, 7) is 0. The SMILES string of the molecule is [Li+].[NH-]c1snc2ncsc12. The quantitative estimate of drug-likeness (QED) is 0.489. The Bertz CT molecular complexity index is 328. The normalized spacial score (nSPS) is 9.60. The van der Waals surface area contributed by atoms with Crippen LogP contribution in [-0.4, -0.2) is 9.36 Å². The van der Waals surface area contributed by atoms with E-state index in [1.54, 1.807) is 5.51 Å². The Morgan fingerprint density at radius 3 is 3.00 bits per heavy atom. The molecule has 2 rings (SSSR count). The van der Waals surface area contributed by atoms with E-state index >= 15 is 0 Å². The summed E-state index contributed by atoms with van der Waals surface area (Å²) in [5, 5.41) is 0.521. The molecule has 0 aliphatic carbocycles. The van der Waals surface area contributed by atoms with Gasteiger partial charge < -0.3 is 5.73 Å². The van der Waals surface area contributed by atoms with Crippen molar-refractivity contribution in [3.8, 4) is 0 Å². The molecule has 2 aromatic heterocycles. The number of hydrogen-bond acceptors (Lipinski definition) is 4. The monoisotopic (exact) mass is 163 g/mol. The van der Waals surface area contributed by atoms with Crippen molar-refractivity contribution in [1.29, 1.82) is 0 Å². The molecule has 0 aliphatic heterocycles. The van der Waals surface area contributed by atoms with Gasteiger partial charge in [-0.15, -0.1) is 11.3 Å². The third-order valence-corrected chi connectivity index (χ3v) is 2.59. The van der Waals surface area contributed by atoms with Gasteiger partial charge in [0.15, 0.2) is 5.65 Å². The maximum absolute atomic E-state index is 7.29. The molecule has 46 valence electrons. The number of nitrogens with zero attached hydrogens (tertiary/aromatic N) is 2. The molecule has 0 spiro atoms. The predicted octanol–water partition coefficient (Wildman–Crippen LogP) is -0.560. The van der Waals surface area contributed by atoms with E-state index in [0.29, 0.717) is 5.00 Å². The Balaban J connectivity index is 0.000000500. The van der Waals surface area contributed by atoms with Gasteiger partial charge in [-0.2, -0.15) is 4.37 Å². The third-order valence-electron chi connectivity index (χ3n) is 0.978. The number of aromatic nitrogens is 2. The maximum atomic E-state index is 7.29. The summed E-state index contributed by atoms with van der Waals surface area (Å²) in [6.07, 6.45) is 0. The number of fused-ring (bicyclic) bond motifs is 1. The molecule has 1 N–H and O–H groups in total. The van der Waals surface area contributed by atoms with Gasteiger partial charge in [0.2, 0.25) is 0 Å². The van der Waals surface area contributed by atoms with Crippen LogP contribution in [0.5, 0.6) is 0 Å². The molecule has 0 aliphatic rings. The second-order valence-corrected chi connectivity index (χ2v) is 3.14. The Labute approximate surface area is 77.6 Å². The first-order valence-corrected chi connectivity index (χ1v) is 3.93. The van der Waals surface area contributed by atoms with E-state index in [1.807, 2.05) is 0 Å². The molecule has 2 aromatic rings. The van der Waals surface area contributed by atoms with Crippen LogP contribution in [0, 0.1) is 0 Å². The topological polar surface area (TPSA) is 49.6 Å². The van der Waals surface area contributed by atoms with Crippen LogP contribution in [0.4, 0.5) is 5.00 Å². The fraction of sp³-hybridized carbons (Fsp3) is 0. The van der Waals surface area contributed by atoms with Gasteiger partial charge in [0.1, 0.15) is 0 Å². The molecule has 0 aromatic carbocycles. The molecule has 0 fully saturated rings. The van der Waals surface area contributed by atoms with Crippen molar-refractivity contribution in [2.24, 2.45) is 0 Å². The first kappa shape index (κ1) is 8.02. The zero-order valence-electron chi connectivity index (χ0n) is 5.29. The second-order valence-electron chi connectivity index (χ2n) is 1.52. The minimum atomic E-state index is 0. The molecule has 0 amide bonds. The third kappa shape index (κ3) is 1.06. The predicted molar refractivity (Wildman–Crippen MR) is 39.3 cm³/mol. The smallest absolute Gasteiger partial charge is 0.688 e. The number of rotatable bonds is 0. The standard InChI is InChI=1S/C4H2N3S2.Li/c5-3-2-4(7-9-3)6-1-8-2;/h1,5H;/q-1;+1. The summed E-state index contributed by atoms with van der Waals surface area (Å²) in [4.78, 5) is 3.94. The molecule has 3 nitrogen and oxygen atoms in total. The Morgan fingerprint density at radius 1 is 1.50 bits per heavy atom. The van der Waals surface area contributed by atoms with Gasteiger partial charge in [0, 0.05) is 0 Å². The fourth-order valence-electron chi connectivity index (χ4n) is 0.591. The summed E-state index contributed by atoms with van der Waals surface area (Å²) in [7, 11) is 0. The van der Waals surface area contributed by atoms with Crippen molar-refractivity contribution in [3.63, 3.8) is 0 Å². The first-order valence-electron chi connectivity index (χ1n) is 2.28. The summed E-state index contributed by atoms with van der Waals surface area (Å²) in [5.74, 6) is 0. The molecule has 0 unspecified atom stereocenters. The second kappa shape index (κ2) is 2.89.